The molecule has 3 aromatic rings. The van der Waals surface area contributed by atoms with E-state index in [2.05, 4.69) is 30.6 Å². The van der Waals surface area contributed by atoms with Crippen LogP contribution in [0.4, 0.5) is 5.13 Å². The fourth-order valence-electron chi connectivity index (χ4n) is 4.34. The first kappa shape index (κ1) is 32.8. The molecule has 1 aromatic carbocycles. The predicted molar refractivity (Wildman–Crippen MR) is 159 cm³/mol. The first-order valence-corrected chi connectivity index (χ1v) is 15.7. The first-order chi connectivity index (χ1) is 20.7. The van der Waals surface area contributed by atoms with Crippen molar-refractivity contribution >= 4 is 44.4 Å². The van der Waals surface area contributed by atoms with E-state index in [1.165, 1.54) is 19.2 Å². The van der Waals surface area contributed by atoms with E-state index < -0.39 is 39.9 Å². The molecule has 3 heterocycles. The van der Waals surface area contributed by atoms with Gasteiger partial charge in [-0.25, -0.2) is 4.98 Å². The number of β-lactam (4-membered cyclic amide) rings is 1. The van der Waals surface area contributed by atoms with Crippen molar-refractivity contribution in [2.75, 3.05) is 18.9 Å². The third-order valence-electron chi connectivity index (χ3n) is 6.71. The van der Waals surface area contributed by atoms with Gasteiger partial charge in [0, 0.05) is 5.38 Å². The molecular weight excluding hydrogens is 616 g/mol. The molecule has 6 N–H and O–H groups in total. The minimum absolute atomic E-state index is 0.0947. The molecule has 2 aromatic heterocycles. The molecule has 0 saturated carbocycles. The van der Waals surface area contributed by atoms with Crippen LogP contribution in [0.2, 0.25) is 0 Å². The number of carbonyl (C=O) groups excluding carboxylic acids is 2. The summed E-state index contributed by atoms with van der Waals surface area (Å²) >= 11 is 1.07. The van der Waals surface area contributed by atoms with Gasteiger partial charge in [-0.15, -0.1) is 20.3 Å². The Morgan fingerprint density at radius 2 is 2.00 bits per heavy atom. The second-order valence-corrected chi connectivity index (χ2v) is 12.4. The van der Waals surface area contributed by atoms with Crippen molar-refractivity contribution in [2.24, 2.45) is 17.9 Å². The van der Waals surface area contributed by atoms with E-state index in [-0.39, 0.29) is 23.1 Å². The van der Waals surface area contributed by atoms with Gasteiger partial charge in [-0.05, 0) is 51.4 Å². The van der Waals surface area contributed by atoms with E-state index in [1.54, 1.807) is 6.92 Å². The number of thiazole rings is 1. The average molecular weight is 652 g/mol. The summed E-state index contributed by atoms with van der Waals surface area (Å²) in [6.45, 7) is 6.11. The first-order valence-electron chi connectivity index (χ1n) is 13.5. The number of aromatic nitrogens is 3. The number of nitrogens with two attached hydrogens (primary N) is 2. The van der Waals surface area contributed by atoms with Crippen molar-refractivity contribution in [3.05, 3.63) is 47.7 Å². The highest BCUT2D eigenvalue weighted by molar-refractivity contribution is 7.80. The molecule has 16 nitrogen and oxygen atoms in total. The number of hydroxylamine groups is 2. The number of nitrogen functional groups attached to an aromatic ring is 1. The van der Waals surface area contributed by atoms with Gasteiger partial charge in [0.2, 0.25) is 6.20 Å². The Kier molecular flexibility index (Phi) is 9.89. The van der Waals surface area contributed by atoms with Crippen LogP contribution in [0.3, 0.4) is 0 Å². The van der Waals surface area contributed by atoms with Gasteiger partial charge < -0.3 is 26.4 Å². The van der Waals surface area contributed by atoms with Crippen LogP contribution in [0.5, 0.6) is 5.75 Å². The molecule has 1 fully saturated rings. The number of nitrogens with zero attached hydrogens (tertiary/aromatic N) is 5. The molecule has 0 unspecified atom stereocenters. The quantitative estimate of drug-likeness (QED) is 0.0615. The molecule has 1 aliphatic heterocycles. The highest BCUT2D eigenvalue weighted by Crippen LogP contribution is 2.33. The van der Waals surface area contributed by atoms with Crippen molar-refractivity contribution in [3.8, 4) is 16.9 Å². The minimum Gasteiger partial charge on any atom is -0.490 e. The molecule has 238 valence electrons. The molecule has 2 atom stereocenters. The Hall–Kier alpha value is -4.10. The maximum absolute atomic E-state index is 13.2. The van der Waals surface area contributed by atoms with E-state index in [0.29, 0.717) is 17.4 Å². The van der Waals surface area contributed by atoms with Gasteiger partial charge in [-0.1, -0.05) is 17.3 Å². The van der Waals surface area contributed by atoms with Crippen molar-refractivity contribution in [3.63, 3.8) is 0 Å². The van der Waals surface area contributed by atoms with Gasteiger partial charge in [-0.2, -0.15) is 18.2 Å². The lowest BCUT2D eigenvalue weighted by atomic mass is 9.84. The summed E-state index contributed by atoms with van der Waals surface area (Å²) < 4.78 is 45.4. The zero-order valence-electron chi connectivity index (χ0n) is 24.5. The van der Waals surface area contributed by atoms with Crippen LogP contribution in [0, 0.1) is 0 Å². The van der Waals surface area contributed by atoms with Crippen molar-refractivity contribution < 1.29 is 41.1 Å². The van der Waals surface area contributed by atoms with Gasteiger partial charge >= 0.3 is 10.4 Å². The minimum atomic E-state index is -4.95. The SMILES string of the molecule is C[C@H](COc1ccc(-c2cn(CCCN)[n+](C)c2)cc1)O/N=C(\C(=O)N[C@@H]1C(=O)N(OS(=O)(=O)O)C1(C)C)c1csc(N)n1. The van der Waals surface area contributed by atoms with E-state index >= 15 is 0 Å². The largest absolute Gasteiger partial charge is 0.490 e. The fourth-order valence-corrected chi connectivity index (χ4v) is 5.34. The maximum Gasteiger partial charge on any atom is 0.418 e. The summed E-state index contributed by atoms with van der Waals surface area (Å²) in [5.41, 5.74) is 12.0. The number of oxime groups is 1. The lowest BCUT2D eigenvalue weighted by Gasteiger charge is -2.50. The van der Waals surface area contributed by atoms with E-state index in [0.717, 1.165) is 35.4 Å². The molecule has 2 amide bonds. The second-order valence-electron chi connectivity index (χ2n) is 10.5. The molecule has 1 aliphatic rings. The zero-order chi connectivity index (χ0) is 32.2. The predicted octanol–water partition coefficient (Wildman–Crippen LogP) is 0.395. The molecule has 0 radical (unpaired) electrons. The van der Waals surface area contributed by atoms with Gasteiger partial charge in [0.05, 0.1) is 23.8 Å². The van der Waals surface area contributed by atoms with Gasteiger partial charge in [0.1, 0.15) is 24.1 Å². The van der Waals surface area contributed by atoms with Crippen LogP contribution in [-0.4, -0.2) is 76.1 Å². The zero-order valence-corrected chi connectivity index (χ0v) is 26.2. The Morgan fingerprint density at radius 3 is 2.59 bits per heavy atom. The molecule has 4 rings (SSSR count). The number of aryl methyl sites for hydroxylation is 2. The second kappa shape index (κ2) is 13.3. The number of hydrogen-bond acceptors (Lipinski definition) is 12. The standard InChI is InChI=1S/C26H34N8O8S2/c1-16(14-40-19-8-6-17(7-9-19)18-12-32(4)33(13-18)11-5-10-27)41-31-21(20-15-43-25(28)29-20)23(35)30-22-24(36)34(26(22,2)3)42-44(37,38)39/h6-9,12-13,15-16,22H,5,10-11,14,27H2,1-4H3,(H3-,28,29,30,35,37,38,39)/p+1/b31-21-/t16-,22-/m1/s1. The lowest BCUT2D eigenvalue weighted by molar-refractivity contribution is -0.753. The summed E-state index contributed by atoms with van der Waals surface area (Å²) in [4.78, 5) is 35.3. The number of carbonyl (C=O) groups is 2. The summed E-state index contributed by atoms with van der Waals surface area (Å²) in [6.07, 6.45) is 4.38. The van der Waals surface area contributed by atoms with E-state index in [4.69, 9.17) is 25.6 Å². The smallest absolute Gasteiger partial charge is 0.418 e. The molecular formula is C26H35N8O8S2+. The molecule has 44 heavy (non-hydrogen) atoms. The third-order valence-corrected chi connectivity index (χ3v) is 7.72. The van der Waals surface area contributed by atoms with E-state index in [9.17, 15) is 18.0 Å². The van der Waals surface area contributed by atoms with Crippen molar-refractivity contribution in [1.82, 2.24) is 20.0 Å². The summed E-state index contributed by atoms with van der Waals surface area (Å²) in [5.74, 6) is -1.13. The Bertz CT molecular complexity index is 1640. The number of nitrogens with one attached hydrogen (secondary N) is 1. The highest BCUT2D eigenvalue weighted by atomic mass is 32.3. The number of hydrogen-bond donors (Lipinski definition) is 4. The Morgan fingerprint density at radius 1 is 1.30 bits per heavy atom. The van der Waals surface area contributed by atoms with Crippen LogP contribution in [-0.2, 0) is 42.7 Å². The van der Waals surface area contributed by atoms with Crippen LogP contribution in [0.15, 0.2) is 47.2 Å². The highest BCUT2D eigenvalue weighted by Gasteiger charge is 2.58. The molecule has 18 heteroatoms. The van der Waals surface area contributed by atoms with Crippen LogP contribution >= 0.6 is 11.3 Å². The van der Waals surface area contributed by atoms with E-state index in [1.807, 2.05) is 42.2 Å². The number of rotatable bonds is 14. The molecule has 0 bridgehead atoms. The number of anilines is 1. The van der Waals surface area contributed by atoms with Crippen molar-refractivity contribution in [2.45, 2.75) is 51.4 Å². The average Bonchev–Trinajstić information content (AvgIpc) is 3.56. The molecule has 0 aliphatic carbocycles. The lowest BCUT2D eigenvalue weighted by Crippen LogP contribution is -2.76. The summed E-state index contributed by atoms with van der Waals surface area (Å²) in [5, 5.41) is 8.58. The third kappa shape index (κ3) is 7.69. The number of amides is 2. The number of benzene rings is 1. The monoisotopic (exact) mass is 651 g/mol. The summed E-state index contributed by atoms with van der Waals surface area (Å²) in [6, 6.07) is 6.37. The normalized spacial score (nSPS) is 17.2. The van der Waals surface area contributed by atoms with Gasteiger partial charge in [0.25, 0.3) is 11.8 Å². The Balaban J connectivity index is 1.38. The van der Waals surface area contributed by atoms with Gasteiger partial charge in [0.15, 0.2) is 24.0 Å². The topological polar surface area (TPSA) is 218 Å². The number of ether oxygens (including phenoxy) is 1. The summed E-state index contributed by atoms with van der Waals surface area (Å²) in [7, 11) is -2.97. The van der Waals surface area contributed by atoms with Crippen LogP contribution in [0.1, 0.15) is 32.9 Å². The van der Waals surface area contributed by atoms with Gasteiger partial charge in [-0.3, -0.25) is 14.1 Å². The maximum atomic E-state index is 13.2. The van der Waals surface area contributed by atoms with Crippen molar-refractivity contribution in [1.29, 1.82) is 0 Å². The molecule has 0 spiro atoms. The van der Waals surface area contributed by atoms with Crippen LogP contribution < -0.4 is 26.2 Å². The van der Waals surface area contributed by atoms with Crippen LogP contribution in [0.25, 0.3) is 11.1 Å². The Labute approximate surface area is 258 Å². The fraction of sp³-hybridized carbons (Fsp3) is 0.423. The molecule has 1 saturated heterocycles.